The van der Waals surface area contributed by atoms with Crippen molar-refractivity contribution in [1.29, 1.82) is 0 Å². The number of benzene rings is 1. The molecule has 0 spiro atoms. The average Bonchev–Trinajstić information content (AvgIpc) is 2.61. The Kier molecular flexibility index (Phi) is 2.19. The molecule has 0 aliphatic carbocycles. The third-order valence-electron chi connectivity index (χ3n) is 2.64. The SMILES string of the molecule is CCc1[nH]nc2c(C)c(C(=O)O)ccc12. The summed E-state index contributed by atoms with van der Waals surface area (Å²) >= 11 is 0. The van der Waals surface area contributed by atoms with Crippen molar-refractivity contribution in [1.82, 2.24) is 10.2 Å². The first-order valence-corrected chi connectivity index (χ1v) is 4.85. The van der Waals surface area contributed by atoms with Crippen LogP contribution in [0.1, 0.15) is 28.5 Å². The monoisotopic (exact) mass is 204 g/mol. The fourth-order valence-corrected chi connectivity index (χ4v) is 1.77. The van der Waals surface area contributed by atoms with Crippen molar-refractivity contribution in [2.45, 2.75) is 20.3 Å². The molecule has 2 aromatic rings. The summed E-state index contributed by atoms with van der Waals surface area (Å²) < 4.78 is 0. The number of carbonyl (C=O) groups is 1. The number of aryl methyl sites for hydroxylation is 2. The Bertz CT molecular complexity index is 529. The molecule has 4 nitrogen and oxygen atoms in total. The lowest BCUT2D eigenvalue weighted by Gasteiger charge is -2.00. The molecule has 0 saturated heterocycles. The van der Waals surface area contributed by atoms with Gasteiger partial charge < -0.3 is 5.11 Å². The van der Waals surface area contributed by atoms with Crippen LogP contribution >= 0.6 is 0 Å². The van der Waals surface area contributed by atoms with Gasteiger partial charge in [-0.15, -0.1) is 0 Å². The summed E-state index contributed by atoms with van der Waals surface area (Å²) in [5.74, 6) is -0.907. The molecule has 15 heavy (non-hydrogen) atoms. The molecule has 0 bridgehead atoms. The number of nitrogens with one attached hydrogen (secondary N) is 1. The van der Waals surface area contributed by atoms with Gasteiger partial charge in [-0.1, -0.05) is 13.0 Å². The highest BCUT2D eigenvalue weighted by Crippen LogP contribution is 2.22. The molecular weight excluding hydrogens is 192 g/mol. The van der Waals surface area contributed by atoms with Crippen molar-refractivity contribution in [3.05, 3.63) is 29.0 Å². The van der Waals surface area contributed by atoms with Gasteiger partial charge in [0.05, 0.1) is 11.1 Å². The molecule has 4 heteroatoms. The van der Waals surface area contributed by atoms with Gasteiger partial charge in [-0.2, -0.15) is 5.10 Å². The van der Waals surface area contributed by atoms with Gasteiger partial charge in [0.25, 0.3) is 0 Å². The minimum absolute atomic E-state index is 0.316. The van der Waals surface area contributed by atoms with Crippen LogP contribution in [0.15, 0.2) is 12.1 Å². The Morgan fingerprint density at radius 3 is 2.87 bits per heavy atom. The third kappa shape index (κ3) is 1.38. The van der Waals surface area contributed by atoms with Crippen molar-refractivity contribution in [3.8, 4) is 0 Å². The van der Waals surface area contributed by atoms with Crippen LogP contribution in [0.5, 0.6) is 0 Å². The Hall–Kier alpha value is -1.84. The number of H-pyrrole nitrogens is 1. The molecule has 1 aromatic heterocycles. The molecule has 1 aromatic carbocycles. The number of aromatic nitrogens is 2. The standard InChI is InChI=1S/C11H12N2O2/c1-3-9-8-5-4-7(11(14)15)6(2)10(8)13-12-9/h4-5H,3H2,1-2H3,(H,12,13)(H,14,15). The third-order valence-corrected chi connectivity index (χ3v) is 2.64. The molecule has 0 aliphatic rings. The topological polar surface area (TPSA) is 66.0 Å². The maximum absolute atomic E-state index is 10.9. The van der Waals surface area contributed by atoms with Crippen LogP contribution in [0.4, 0.5) is 0 Å². The van der Waals surface area contributed by atoms with E-state index in [1.165, 1.54) is 0 Å². The fraction of sp³-hybridized carbons (Fsp3) is 0.273. The quantitative estimate of drug-likeness (QED) is 0.787. The fourth-order valence-electron chi connectivity index (χ4n) is 1.77. The van der Waals surface area contributed by atoms with E-state index >= 15 is 0 Å². The number of aromatic amines is 1. The van der Waals surface area contributed by atoms with Gasteiger partial charge in [0, 0.05) is 11.1 Å². The highest BCUT2D eigenvalue weighted by atomic mass is 16.4. The molecule has 2 rings (SSSR count). The van der Waals surface area contributed by atoms with Crippen LogP contribution in [0.3, 0.4) is 0 Å². The maximum atomic E-state index is 10.9. The molecule has 1 heterocycles. The molecule has 0 saturated carbocycles. The van der Waals surface area contributed by atoms with E-state index in [0.29, 0.717) is 5.56 Å². The van der Waals surface area contributed by atoms with Crippen molar-refractivity contribution < 1.29 is 9.90 Å². The molecule has 2 N–H and O–H groups in total. The lowest BCUT2D eigenvalue weighted by molar-refractivity contribution is 0.0696. The molecule has 0 unspecified atom stereocenters. The smallest absolute Gasteiger partial charge is 0.336 e. The number of fused-ring (bicyclic) bond motifs is 1. The molecule has 0 fully saturated rings. The number of rotatable bonds is 2. The summed E-state index contributed by atoms with van der Waals surface area (Å²) in [6.45, 7) is 3.82. The number of carboxylic acid groups (broad SMARTS) is 1. The van der Waals surface area contributed by atoms with Crippen molar-refractivity contribution in [3.63, 3.8) is 0 Å². The number of aromatic carboxylic acids is 1. The number of nitrogens with zero attached hydrogens (tertiary/aromatic N) is 1. The van der Waals surface area contributed by atoms with Gasteiger partial charge in [-0.3, -0.25) is 5.10 Å². The van der Waals surface area contributed by atoms with Gasteiger partial charge in [-0.05, 0) is 25.0 Å². The van der Waals surface area contributed by atoms with E-state index in [2.05, 4.69) is 10.2 Å². The van der Waals surface area contributed by atoms with Gasteiger partial charge in [-0.25, -0.2) is 4.79 Å². The van der Waals surface area contributed by atoms with Crippen LogP contribution in [0.2, 0.25) is 0 Å². The minimum Gasteiger partial charge on any atom is -0.478 e. The van der Waals surface area contributed by atoms with Crippen LogP contribution < -0.4 is 0 Å². The predicted octanol–water partition coefficient (Wildman–Crippen LogP) is 2.13. The average molecular weight is 204 g/mol. The summed E-state index contributed by atoms with van der Waals surface area (Å²) in [4.78, 5) is 10.9. The first kappa shape index (κ1) is 9.71. The minimum atomic E-state index is -0.907. The van der Waals surface area contributed by atoms with Crippen molar-refractivity contribution >= 4 is 16.9 Å². The zero-order valence-electron chi connectivity index (χ0n) is 8.66. The molecule has 78 valence electrons. The first-order chi connectivity index (χ1) is 7.15. The summed E-state index contributed by atoms with van der Waals surface area (Å²) in [6.07, 6.45) is 0.863. The highest BCUT2D eigenvalue weighted by Gasteiger charge is 2.13. The van der Waals surface area contributed by atoms with E-state index < -0.39 is 5.97 Å². The lowest BCUT2D eigenvalue weighted by atomic mass is 10.0. The molecule has 0 radical (unpaired) electrons. The van der Waals surface area contributed by atoms with E-state index in [4.69, 9.17) is 5.11 Å². The second-order valence-electron chi connectivity index (χ2n) is 3.50. The summed E-state index contributed by atoms with van der Waals surface area (Å²) in [5, 5.41) is 17.0. The van der Waals surface area contributed by atoms with E-state index in [9.17, 15) is 4.79 Å². The second-order valence-corrected chi connectivity index (χ2v) is 3.50. The Balaban J connectivity index is 2.75. The zero-order chi connectivity index (χ0) is 11.0. The van der Waals surface area contributed by atoms with Crippen LogP contribution in [0, 0.1) is 6.92 Å². The Labute approximate surface area is 86.9 Å². The summed E-state index contributed by atoms with van der Waals surface area (Å²) in [7, 11) is 0. The second kappa shape index (κ2) is 3.38. The first-order valence-electron chi connectivity index (χ1n) is 4.85. The Morgan fingerprint density at radius 2 is 2.27 bits per heavy atom. The molecule has 0 amide bonds. The molecular formula is C11H12N2O2. The Morgan fingerprint density at radius 1 is 1.53 bits per heavy atom. The van der Waals surface area contributed by atoms with Crippen LogP contribution in [0.25, 0.3) is 10.9 Å². The maximum Gasteiger partial charge on any atom is 0.336 e. The van der Waals surface area contributed by atoms with Gasteiger partial charge in [0.15, 0.2) is 0 Å². The highest BCUT2D eigenvalue weighted by molar-refractivity contribution is 5.96. The number of hydrogen-bond donors (Lipinski definition) is 2. The van der Waals surface area contributed by atoms with Crippen molar-refractivity contribution in [2.24, 2.45) is 0 Å². The van der Waals surface area contributed by atoms with Gasteiger partial charge >= 0.3 is 5.97 Å². The molecule has 0 aliphatic heterocycles. The van der Waals surface area contributed by atoms with E-state index in [-0.39, 0.29) is 0 Å². The van der Waals surface area contributed by atoms with Gasteiger partial charge in [0.1, 0.15) is 0 Å². The number of carboxylic acids is 1. The molecule has 0 atom stereocenters. The lowest BCUT2D eigenvalue weighted by Crippen LogP contribution is -1.99. The van der Waals surface area contributed by atoms with E-state index in [1.807, 2.05) is 13.0 Å². The van der Waals surface area contributed by atoms with Crippen molar-refractivity contribution in [2.75, 3.05) is 0 Å². The normalized spacial score (nSPS) is 10.8. The van der Waals surface area contributed by atoms with Crippen LogP contribution in [-0.2, 0) is 6.42 Å². The van der Waals surface area contributed by atoms with E-state index in [0.717, 1.165) is 28.6 Å². The zero-order valence-corrected chi connectivity index (χ0v) is 8.66. The van der Waals surface area contributed by atoms with Gasteiger partial charge in [0.2, 0.25) is 0 Å². The summed E-state index contributed by atoms with van der Waals surface area (Å²) in [6, 6.07) is 3.45. The van der Waals surface area contributed by atoms with Crippen LogP contribution in [-0.4, -0.2) is 21.3 Å². The van der Waals surface area contributed by atoms with E-state index in [1.54, 1.807) is 13.0 Å². The predicted molar refractivity (Wildman–Crippen MR) is 57.2 cm³/mol. The largest absolute Gasteiger partial charge is 0.478 e. The number of hydrogen-bond acceptors (Lipinski definition) is 2. The summed E-state index contributed by atoms with van der Waals surface area (Å²) in [5.41, 5.74) is 2.84.